The molecule has 0 radical (unpaired) electrons. The Hall–Kier alpha value is -2.43. The van der Waals surface area contributed by atoms with Crippen molar-refractivity contribution in [3.05, 3.63) is 45.6 Å². The summed E-state index contributed by atoms with van der Waals surface area (Å²) < 4.78 is 3.49. The summed E-state index contributed by atoms with van der Waals surface area (Å²) in [7, 11) is 0. The molecule has 28 heavy (non-hydrogen) atoms. The van der Waals surface area contributed by atoms with Crippen molar-refractivity contribution in [1.82, 2.24) is 29.9 Å². The monoisotopic (exact) mass is 459 g/mol. The molecule has 0 amide bonds. The fourth-order valence-electron chi connectivity index (χ4n) is 2.76. The zero-order chi connectivity index (χ0) is 19.9. The minimum atomic E-state index is -0.403. The highest BCUT2D eigenvalue weighted by molar-refractivity contribution is 9.10. The van der Waals surface area contributed by atoms with Crippen LogP contribution in [0.4, 0.5) is 5.95 Å². The number of halogens is 1. The molecular weight excluding hydrogens is 442 g/mol. The van der Waals surface area contributed by atoms with E-state index in [1.54, 1.807) is 4.68 Å². The predicted molar refractivity (Wildman–Crippen MR) is 112 cm³/mol. The van der Waals surface area contributed by atoms with Crippen LogP contribution in [-0.4, -0.2) is 41.7 Å². The van der Waals surface area contributed by atoms with Crippen molar-refractivity contribution in [1.29, 1.82) is 0 Å². The Labute approximate surface area is 173 Å². The first-order valence-electron chi connectivity index (χ1n) is 8.55. The Morgan fingerprint density at radius 3 is 2.86 bits per heavy atom. The molecule has 0 saturated carbocycles. The van der Waals surface area contributed by atoms with Gasteiger partial charge in [-0.1, -0.05) is 25.1 Å². The quantitative estimate of drug-likeness (QED) is 0.470. The predicted octanol–water partition coefficient (Wildman–Crippen LogP) is 3.01. The number of hydrogen-bond acceptors (Lipinski definition) is 8. The van der Waals surface area contributed by atoms with Gasteiger partial charge in [-0.2, -0.15) is 0 Å². The molecule has 4 rings (SSSR count). The van der Waals surface area contributed by atoms with E-state index in [4.69, 9.17) is 5.73 Å². The van der Waals surface area contributed by atoms with Crippen LogP contribution in [0.2, 0.25) is 0 Å². The third-order valence-corrected chi connectivity index (χ3v) is 6.27. The minimum Gasteiger partial charge on any atom is -0.395 e. The van der Waals surface area contributed by atoms with Gasteiger partial charge in [-0.3, -0.25) is 4.98 Å². The molecule has 3 N–H and O–H groups in total. The molecule has 0 aliphatic carbocycles. The summed E-state index contributed by atoms with van der Waals surface area (Å²) >= 11 is 5.01. The van der Waals surface area contributed by atoms with E-state index >= 15 is 0 Å². The SMILES string of the molecule is CC(C)(CO)c1cccc(Cn2cc(-c3nc(N)nc4c(Br)csc34)nn2)n1. The number of thiophene rings is 1. The van der Waals surface area contributed by atoms with Crippen molar-refractivity contribution in [2.24, 2.45) is 0 Å². The molecule has 0 atom stereocenters. The number of hydrogen-bond donors (Lipinski definition) is 2. The van der Waals surface area contributed by atoms with Gasteiger partial charge in [0.25, 0.3) is 0 Å². The molecule has 4 aromatic rings. The summed E-state index contributed by atoms with van der Waals surface area (Å²) in [5.41, 5.74) is 9.19. The van der Waals surface area contributed by atoms with E-state index in [1.165, 1.54) is 11.3 Å². The van der Waals surface area contributed by atoms with Crippen molar-refractivity contribution >= 4 is 43.4 Å². The van der Waals surface area contributed by atoms with E-state index in [1.807, 2.05) is 43.6 Å². The number of nitrogen functional groups attached to an aromatic ring is 1. The lowest BCUT2D eigenvalue weighted by Crippen LogP contribution is -2.24. The summed E-state index contributed by atoms with van der Waals surface area (Å²) in [4.78, 5) is 13.3. The van der Waals surface area contributed by atoms with E-state index in [-0.39, 0.29) is 12.6 Å². The zero-order valence-corrected chi connectivity index (χ0v) is 17.7. The van der Waals surface area contributed by atoms with Gasteiger partial charge in [0.05, 0.1) is 34.2 Å². The van der Waals surface area contributed by atoms with Crippen molar-refractivity contribution in [3.63, 3.8) is 0 Å². The summed E-state index contributed by atoms with van der Waals surface area (Å²) in [5, 5.41) is 20.0. The van der Waals surface area contributed by atoms with E-state index < -0.39 is 5.41 Å². The average molecular weight is 460 g/mol. The van der Waals surface area contributed by atoms with Crippen LogP contribution in [0.3, 0.4) is 0 Å². The highest BCUT2D eigenvalue weighted by Gasteiger charge is 2.21. The summed E-state index contributed by atoms with van der Waals surface area (Å²) in [6.45, 7) is 4.39. The molecule has 0 aliphatic rings. The molecule has 8 nitrogen and oxygen atoms in total. The van der Waals surface area contributed by atoms with Crippen LogP contribution in [0.1, 0.15) is 25.2 Å². The van der Waals surface area contributed by atoms with Gasteiger partial charge < -0.3 is 10.8 Å². The van der Waals surface area contributed by atoms with E-state index in [0.29, 0.717) is 17.9 Å². The third-order valence-electron chi connectivity index (χ3n) is 4.39. The molecular formula is C18H18BrN7OS. The van der Waals surface area contributed by atoms with Crippen molar-refractivity contribution in [2.75, 3.05) is 12.3 Å². The number of rotatable bonds is 5. The van der Waals surface area contributed by atoms with Crippen LogP contribution in [0.15, 0.2) is 34.2 Å². The van der Waals surface area contributed by atoms with Gasteiger partial charge in [-0.15, -0.1) is 16.4 Å². The first-order valence-corrected chi connectivity index (χ1v) is 10.2. The van der Waals surface area contributed by atoms with Gasteiger partial charge in [-0.25, -0.2) is 14.6 Å². The Bertz CT molecular complexity index is 1150. The number of aliphatic hydroxyl groups is 1. The van der Waals surface area contributed by atoms with Crippen LogP contribution >= 0.6 is 27.3 Å². The second kappa shape index (κ2) is 7.19. The Morgan fingerprint density at radius 1 is 1.25 bits per heavy atom. The van der Waals surface area contributed by atoms with Gasteiger partial charge in [-0.05, 0) is 28.1 Å². The van der Waals surface area contributed by atoms with Crippen molar-refractivity contribution in [2.45, 2.75) is 25.8 Å². The largest absolute Gasteiger partial charge is 0.395 e. The van der Waals surface area contributed by atoms with Crippen LogP contribution in [0.25, 0.3) is 21.6 Å². The highest BCUT2D eigenvalue weighted by atomic mass is 79.9. The van der Waals surface area contributed by atoms with Crippen LogP contribution in [-0.2, 0) is 12.0 Å². The van der Waals surface area contributed by atoms with E-state index in [0.717, 1.165) is 26.1 Å². The number of aromatic nitrogens is 6. The molecule has 0 fully saturated rings. The maximum absolute atomic E-state index is 9.58. The molecule has 10 heteroatoms. The molecule has 144 valence electrons. The van der Waals surface area contributed by atoms with Gasteiger partial charge in [0.15, 0.2) is 0 Å². The number of aliphatic hydroxyl groups excluding tert-OH is 1. The number of nitrogens with zero attached hydrogens (tertiary/aromatic N) is 6. The maximum Gasteiger partial charge on any atom is 0.221 e. The standard InChI is InChI=1S/C18H18BrN7OS/c1-18(2,9-27)13-5-3-4-10(21-13)6-26-7-12(24-25-26)15-16-14(11(19)8-28-16)22-17(20)23-15/h3-5,7-8,27H,6,9H2,1-2H3,(H2,20,22,23). The maximum atomic E-state index is 9.58. The van der Waals surface area contributed by atoms with Gasteiger partial charge in [0, 0.05) is 16.5 Å². The second-order valence-electron chi connectivity index (χ2n) is 7.05. The Morgan fingerprint density at radius 2 is 2.07 bits per heavy atom. The molecule has 4 heterocycles. The lowest BCUT2D eigenvalue weighted by molar-refractivity contribution is 0.215. The summed E-state index contributed by atoms with van der Waals surface area (Å²) in [5.74, 6) is 0.191. The molecule has 0 aliphatic heterocycles. The molecule has 0 bridgehead atoms. The zero-order valence-electron chi connectivity index (χ0n) is 15.3. The number of fused-ring (bicyclic) bond motifs is 1. The first kappa shape index (κ1) is 18.9. The molecule has 4 aromatic heterocycles. The number of pyridine rings is 1. The van der Waals surface area contributed by atoms with Crippen LogP contribution < -0.4 is 5.73 Å². The van der Waals surface area contributed by atoms with Gasteiger partial charge in [0.2, 0.25) is 5.95 Å². The Kier molecular flexibility index (Phi) is 4.86. The van der Waals surface area contributed by atoms with Crippen LogP contribution in [0.5, 0.6) is 0 Å². The highest BCUT2D eigenvalue weighted by Crippen LogP contribution is 2.35. The lowest BCUT2D eigenvalue weighted by Gasteiger charge is -2.21. The third kappa shape index (κ3) is 3.50. The van der Waals surface area contributed by atoms with Gasteiger partial charge >= 0.3 is 0 Å². The van der Waals surface area contributed by atoms with Crippen LogP contribution in [0, 0.1) is 0 Å². The first-order chi connectivity index (χ1) is 13.4. The fourth-order valence-corrected chi connectivity index (χ4v) is 4.32. The minimum absolute atomic E-state index is 0.0262. The number of anilines is 1. The Balaban J connectivity index is 1.66. The molecule has 0 saturated heterocycles. The number of nitrogens with two attached hydrogens (primary N) is 1. The van der Waals surface area contributed by atoms with E-state index in [2.05, 4.69) is 41.2 Å². The fraction of sp³-hybridized carbons (Fsp3) is 0.278. The van der Waals surface area contributed by atoms with Crippen molar-refractivity contribution < 1.29 is 5.11 Å². The topological polar surface area (TPSA) is 116 Å². The van der Waals surface area contributed by atoms with Crippen molar-refractivity contribution in [3.8, 4) is 11.4 Å². The van der Waals surface area contributed by atoms with Gasteiger partial charge in [0.1, 0.15) is 16.9 Å². The summed E-state index contributed by atoms with van der Waals surface area (Å²) in [6.07, 6.45) is 1.82. The second-order valence-corrected chi connectivity index (χ2v) is 8.78. The average Bonchev–Trinajstić information content (AvgIpc) is 3.29. The van der Waals surface area contributed by atoms with E-state index in [9.17, 15) is 5.11 Å². The smallest absolute Gasteiger partial charge is 0.221 e. The normalized spacial score (nSPS) is 12.0. The summed E-state index contributed by atoms with van der Waals surface area (Å²) in [6, 6.07) is 5.78. The molecule has 0 aromatic carbocycles. The molecule has 0 unspecified atom stereocenters. The molecule has 0 spiro atoms. The lowest BCUT2D eigenvalue weighted by atomic mass is 9.90.